The monoisotopic (exact) mass is 261 g/mol. The molecule has 3 heteroatoms. The van der Waals surface area contributed by atoms with Crippen molar-refractivity contribution in [2.45, 2.75) is 46.1 Å². The van der Waals surface area contributed by atoms with E-state index in [-0.39, 0.29) is 23.7 Å². The highest BCUT2D eigenvalue weighted by molar-refractivity contribution is 5.83. The Morgan fingerprint density at radius 1 is 1.32 bits per heavy atom. The van der Waals surface area contributed by atoms with E-state index in [4.69, 9.17) is 0 Å². The SMILES string of the molecule is CC(=O)C(CCC(=O)NC(C)C)C1=CCC=CC=C1. The van der Waals surface area contributed by atoms with Crippen LogP contribution in [0.15, 0.2) is 36.0 Å². The lowest BCUT2D eigenvalue weighted by Gasteiger charge is -2.15. The van der Waals surface area contributed by atoms with Crippen LogP contribution in [-0.2, 0) is 9.59 Å². The Morgan fingerprint density at radius 2 is 2.05 bits per heavy atom. The van der Waals surface area contributed by atoms with Gasteiger partial charge in [0.1, 0.15) is 5.78 Å². The van der Waals surface area contributed by atoms with Gasteiger partial charge in [-0.25, -0.2) is 0 Å². The number of hydrogen-bond acceptors (Lipinski definition) is 2. The molecule has 0 radical (unpaired) electrons. The fourth-order valence-electron chi connectivity index (χ4n) is 2.13. The Kier molecular flexibility index (Phi) is 6.26. The number of nitrogens with one attached hydrogen (secondary N) is 1. The van der Waals surface area contributed by atoms with E-state index in [9.17, 15) is 9.59 Å². The maximum absolute atomic E-state index is 11.8. The average Bonchev–Trinajstić information content (AvgIpc) is 2.56. The molecule has 0 aliphatic heterocycles. The molecule has 0 heterocycles. The molecule has 0 aromatic rings. The largest absolute Gasteiger partial charge is 0.354 e. The summed E-state index contributed by atoms with van der Waals surface area (Å²) >= 11 is 0. The first-order chi connectivity index (χ1) is 9.00. The zero-order valence-electron chi connectivity index (χ0n) is 12.0. The number of carbonyl (C=O) groups excluding carboxylic acids is 2. The summed E-state index contributed by atoms with van der Waals surface area (Å²) < 4.78 is 0. The molecule has 1 rings (SSSR count). The molecule has 1 aliphatic carbocycles. The highest BCUT2D eigenvalue weighted by Crippen LogP contribution is 2.22. The minimum absolute atomic E-state index is 0.0116. The number of ketones is 1. The van der Waals surface area contributed by atoms with Gasteiger partial charge in [-0.3, -0.25) is 9.59 Å². The van der Waals surface area contributed by atoms with Crippen LogP contribution in [0.3, 0.4) is 0 Å². The van der Waals surface area contributed by atoms with Crippen molar-refractivity contribution < 1.29 is 9.59 Å². The third kappa shape index (κ3) is 5.69. The maximum Gasteiger partial charge on any atom is 0.220 e. The maximum atomic E-state index is 11.8. The van der Waals surface area contributed by atoms with E-state index in [0.29, 0.717) is 12.8 Å². The molecule has 19 heavy (non-hydrogen) atoms. The van der Waals surface area contributed by atoms with Gasteiger partial charge in [0.2, 0.25) is 5.91 Å². The molecule has 0 spiro atoms. The Bertz CT molecular complexity index is 416. The number of Topliss-reactive ketones (excluding diaryl/α,β-unsaturated/α-hetero) is 1. The van der Waals surface area contributed by atoms with E-state index in [1.54, 1.807) is 6.92 Å². The molecule has 0 aromatic heterocycles. The molecule has 1 atom stereocenters. The minimum Gasteiger partial charge on any atom is -0.354 e. The molecular formula is C16H23NO2. The fraction of sp³-hybridized carbons (Fsp3) is 0.500. The molecule has 1 aliphatic rings. The standard InChI is InChI=1S/C16H23NO2/c1-12(2)17-16(19)11-10-15(13(3)18)14-8-6-4-5-7-9-14/h4-6,8-9,12,15H,7,10-11H2,1-3H3,(H,17,19). The van der Waals surface area contributed by atoms with Gasteiger partial charge in [0.05, 0.1) is 0 Å². The first kappa shape index (κ1) is 15.4. The lowest BCUT2D eigenvalue weighted by molar-refractivity contribution is -0.122. The van der Waals surface area contributed by atoms with Crippen molar-refractivity contribution >= 4 is 11.7 Å². The Balaban J connectivity index is 2.61. The first-order valence-corrected chi connectivity index (χ1v) is 6.83. The van der Waals surface area contributed by atoms with E-state index >= 15 is 0 Å². The molecule has 3 nitrogen and oxygen atoms in total. The molecular weight excluding hydrogens is 238 g/mol. The average molecular weight is 261 g/mol. The van der Waals surface area contributed by atoms with Crippen LogP contribution in [0.4, 0.5) is 0 Å². The van der Waals surface area contributed by atoms with Crippen molar-refractivity contribution in [3.05, 3.63) is 36.0 Å². The summed E-state index contributed by atoms with van der Waals surface area (Å²) in [5.41, 5.74) is 1.02. The summed E-state index contributed by atoms with van der Waals surface area (Å²) in [5.74, 6) is -0.0400. The van der Waals surface area contributed by atoms with Crippen molar-refractivity contribution in [3.8, 4) is 0 Å². The van der Waals surface area contributed by atoms with Gasteiger partial charge in [-0.2, -0.15) is 0 Å². The summed E-state index contributed by atoms with van der Waals surface area (Å²) in [6, 6.07) is 0.143. The predicted octanol–water partition coefficient (Wildman–Crippen LogP) is 2.94. The Labute approximate surface area is 115 Å². The van der Waals surface area contributed by atoms with Crippen molar-refractivity contribution in [2.24, 2.45) is 5.92 Å². The Morgan fingerprint density at radius 3 is 2.68 bits per heavy atom. The highest BCUT2D eigenvalue weighted by atomic mass is 16.1. The second-order valence-corrected chi connectivity index (χ2v) is 5.15. The van der Waals surface area contributed by atoms with E-state index in [0.717, 1.165) is 12.0 Å². The summed E-state index contributed by atoms with van der Waals surface area (Å²) in [6.07, 6.45) is 11.8. The zero-order valence-corrected chi connectivity index (χ0v) is 12.0. The fourth-order valence-corrected chi connectivity index (χ4v) is 2.13. The van der Waals surface area contributed by atoms with E-state index in [1.807, 2.05) is 38.2 Å². The first-order valence-electron chi connectivity index (χ1n) is 6.83. The molecule has 0 fully saturated rings. The van der Waals surface area contributed by atoms with Gasteiger partial charge < -0.3 is 5.32 Å². The van der Waals surface area contributed by atoms with Crippen LogP contribution in [0.1, 0.15) is 40.0 Å². The van der Waals surface area contributed by atoms with Crippen molar-refractivity contribution in [2.75, 3.05) is 0 Å². The minimum atomic E-state index is -0.172. The Hall–Kier alpha value is -1.64. The lowest BCUT2D eigenvalue weighted by Crippen LogP contribution is -2.30. The zero-order chi connectivity index (χ0) is 14.3. The van der Waals surface area contributed by atoms with Crippen LogP contribution in [0, 0.1) is 5.92 Å². The van der Waals surface area contributed by atoms with Gasteiger partial charge >= 0.3 is 0 Å². The van der Waals surface area contributed by atoms with Gasteiger partial charge in [0.15, 0.2) is 0 Å². The van der Waals surface area contributed by atoms with Gasteiger partial charge in [-0.15, -0.1) is 0 Å². The number of amides is 1. The number of hydrogen-bond donors (Lipinski definition) is 1. The van der Waals surface area contributed by atoms with Gasteiger partial charge in [-0.1, -0.05) is 30.4 Å². The van der Waals surface area contributed by atoms with E-state index in [1.165, 1.54) is 0 Å². The van der Waals surface area contributed by atoms with Crippen molar-refractivity contribution in [1.29, 1.82) is 0 Å². The van der Waals surface area contributed by atoms with Crippen molar-refractivity contribution in [3.63, 3.8) is 0 Å². The quantitative estimate of drug-likeness (QED) is 0.799. The predicted molar refractivity (Wildman–Crippen MR) is 77.7 cm³/mol. The second-order valence-electron chi connectivity index (χ2n) is 5.15. The smallest absolute Gasteiger partial charge is 0.220 e. The molecule has 0 bridgehead atoms. The van der Waals surface area contributed by atoms with Crippen LogP contribution < -0.4 is 5.32 Å². The number of rotatable bonds is 6. The summed E-state index contributed by atoms with van der Waals surface area (Å²) in [6.45, 7) is 5.46. The third-order valence-electron chi connectivity index (χ3n) is 3.03. The van der Waals surface area contributed by atoms with Crippen LogP contribution in [-0.4, -0.2) is 17.7 Å². The van der Waals surface area contributed by atoms with Crippen LogP contribution in [0.25, 0.3) is 0 Å². The number of carbonyl (C=O) groups is 2. The molecule has 1 N–H and O–H groups in total. The van der Waals surface area contributed by atoms with Gasteiger partial charge in [-0.05, 0) is 39.2 Å². The second kappa shape index (κ2) is 7.72. The topological polar surface area (TPSA) is 46.2 Å². The highest BCUT2D eigenvalue weighted by Gasteiger charge is 2.19. The van der Waals surface area contributed by atoms with Crippen LogP contribution >= 0.6 is 0 Å². The molecule has 0 saturated heterocycles. The van der Waals surface area contributed by atoms with Crippen molar-refractivity contribution in [1.82, 2.24) is 5.32 Å². The molecule has 1 unspecified atom stereocenters. The van der Waals surface area contributed by atoms with E-state index in [2.05, 4.69) is 11.4 Å². The van der Waals surface area contributed by atoms with Crippen LogP contribution in [0.5, 0.6) is 0 Å². The summed E-state index contributed by atoms with van der Waals surface area (Å²) in [4.78, 5) is 23.4. The third-order valence-corrected chi connectivity index (χ3v) is 3.03. The molecule has 1 amide bonds. The summed E-state index contributed by atoms with van der Waals surface area (Å²) in [5, 5.41) is 2.85. The molecule has 0 aromatic carbocycles. The number of allylic oxidation sites excluding steroid dienone is 6. The summed E-state index contributed by atoms with van der Waals surface area (Å²) in [7, 11) is 0. The van der Waals surface area contributed by atoms with Gasteiger partial charge in [0.25, 0.3) is 0 Å². The van der Waals surface area contributed by atoms with Gasteiger partial charge in [0, 0.05) is 18.4 Å². The van der Waals surface area contributed by atoms with Crippen LogP contribution in [0.2, 0.25) is 0 Å². The normalized spacial score (nSPS) is 15.9. The molecule has 0 saturated carbocycles. The molecule has 104 valence electrons. The lowest BCUT2D eigenvalue weighted by atomic mass is 9.89. The van der Waals surface area contributed by atoms with E-state index < -0.39 is 0 Å².